The number of Topliss-reactive ketones (excluding diaryl/α,β-unsaturated/α-hetero) is 1. The Morgan fingerprint density at radius 3 is 2.77 bits per heavy atom. The Hall–Kier alpha value is -3.03. The van der Waals surface area contributed by atoms with Crippen LogP contribution in [0.4, 0.5) is 5.69 Å². The SMILES string of the molecule is COC(=O)C1C(C)=NC2=C(C(=O)CCC2)[C@H]1c1ccc(O)c([N+](=O)[O-])c1. The van der Waals surface area contributed by atoms with E-state index >= 15 is 0 Å². The van der Waals surface area contributed by atoms with Crippen LogP contribution in [-0.2, 0) is 14.3 Å². The topological polar surface area (TPSA) is 119 Å². The molecule has 1 unspecified atom stereocenters. The fraction of sp³-hybridized carbons (Fsp3) is 0.389. The highest BCUT2D eigenvalue weighted by atomic mass is 16.6. The number of phenols is 1. The smallest absolute Gasteiger partial charge is 0.315 e. The minimum absolute atomic E-state index is 0.114. The summed E-state index contributed by atoms with van der Waals surface area (Å²) in [6.45, 7) is 1.69. The number of allylic oxidation sites excluding steroid dienone is 2. The van der Waals surface area contributed by atoms with E-state index in [-0.39, 0.29) is 5.78 Å². The number of aliphatic imine (C=N–C) groups is 1. The van der Waals surface area contributed by atoms with Crippen molar-refractivity contribution < 1.29 is 24.4 Å². The van der Waals surface area contributed by atoms with E-state index in [2.05, 4.69) is 4.99 Å². The molecule has 8 heteroatoms. The molecule has 1 aliphatic carbocycles. The molecule has 0 saturated heterocycles. The van der Waals surface area contributed by atoms with Gasteiger partial charge in [0.25, 0.3) is 0 Å². The van der Waals surface area contributed by atoms with Crippen molar-refractivity contribution in [2.24, 2.45) is 10.9 Å². The van der Waals surface area contributed by atoms with E-state index in [1.807, 2.05) is 0 Å². The van der Waals surface area contributed by atoms with Gasteiger partial charge in [-0.15, -0.1) is 0 Å². The number of nitro benzene ring substituents is 1. The molecule has 1 heterocycles. The number of benzene rings is 1. The molecule has 0 aromatic heterocycles. The third-order valence-electron chi connectivity index (χ3n) is 4.84. The number of hydrogen-bond acceptors (Lipinski definition) is 7. The molecular formula is C18H18N2O6. The molecule has 0 radical (unpaired) electrons. The average Bonchev–Trinajstić information content (AvgIpc) is 2.60. The Balaban J connectivity index is 2.22. The maximum Gasteiger partial charge on any atom is 0.315 e. The Bertz CT molecular complexity index is 870. The number of carbonyl (C=O) groups excluding carboxylic acids is 2. The first-order valence-corrected chi connectivity index (χ1v) is 8.21. The molecule has 2 aliphatic rings. The fourth-order valence-corrected chi connectivity index (χ4v) is 3.68. The van der Waals surface area contributed by atoms with Crippen molar-refractivity contribution in [2.45, 2.75) is 32.1 Å². The van der Waals surface area contributed by atoms with Crippen LogP contribution in [0.3, 0.4) is 0 Å². The number of hydrogen-bond donors (Lipinski definition) is 1. The lowest BCUT2D eigenvalue weighted by molar-refractivity contribution is -0.385. The van der Waals surface area contributed by atoms with E-state index < -0.39 is 34.2 Å². The molecule has 136 valence electrons. The Morgan fingerprint density at radius 1 is 1.38 bits per heavy atom. The summed E-state index contributed by atoms with van der Waals surface area (Å²) in [7, 11) is 1.25. The van der Waals surface area contributed by atoms with E-state index in [1.165, 1.54) is 25.3 Å². The first-order chi connectivity index (χ1) is 12.3. The molecule has 1 aromatic rings. The minimum Gasteiger partial charge on any atom is -0.502 e. The second-order valence-electron chi connectivity index (χ2n) is 6.37. The number of esters is 1. The number of nitro groups is 1. The predicted octanol–water partition coefficient (Wildman–Crippen LogP) is 2.65. The summed E-state index contributed by atoms with van der Waals surface area (Å²) in [6, 6.07) is 3.91. The van der Waals surface area contributed by atoms with Gasteiger partial charge >= 0.3 is 11.7 Å². The number of nitrogens with zero attached hydrogens (tertiary/aromatic N) is 2. The average molecular weight is 358 g/mol. The maximum atomic E-state index is 12.6. The first kappa shape index (κ1) is 17.8. The first-order valence-electron chi connectivity index (χ1n) is 8.21. The number of ketones is 1. The highest BCUT2D eigenvalue weighted by Gasteiger charge is 2.43. The zero-order chi connectivity index (χ0) is 19.0. The van der Waals surface area contributed by atoms with Crippen molar-refractivity contribution in [3.63, 3.8) is 0 Å². The summed E-state index contributed by atoms with van der Waals surface area (Å²) in [4.78, 5) is 39.9. The van der Waals surface area contributed by atoms with Crippen molar-refractivity contribution in [1.82, 2.24) is 0 Å². The monoisotopic (exact) mass is 358 g/mol. The van der Waals surface area contributed by atoms with Crippen LogP contribution in [0.25, 0.3) is 0 Å². The van der Waals surface area contributed by atoms with Gasteiger partial charge in [-0.25, -0.2) is 0 Å². The predicted molar refractivity (Wildman–Crippen MR) is 92.0 cm³/mol. The van der Waals surface area contributed by atoms with E-state index in [4.69, 9.17) is 4.74 Å². The van der Waals surface area contributed by atoms with Crippen LogP contribution >= 0.6 is 0 Å². The van der Waals surface area contributed by atoms with Crippen molar-refractivity contribution in [3.05, 3.63) is 45.1 Å². The normalized spacial score (nSPS) is 22.5. The van der Waals surface area contributed by atoms with Crippen LogP contribution < -0.4 is 0 Å². The number of rotatable bonds is 3. The quantitative estimate of drug-likeness (QED) is 0.504. The van der Waals surface area contributed by atoms with Gasteiger partial charge in [0.1, 0.15) is 5.92 Å². The number of methoxy groups -OCH3 is 1. The van der Waals surface area contributed by atoms with Crippen LogP contribution in [0.5, 0.6) is 5.75 Å². The van der Waals surface area contributed by atoms with Gasteiger partial charge in [0.2, 0.25) is 0 Å². The lowest BCUT2D eigenvalue weighted by Gasteiger charge is -2.34. The zero-order valence-electron chi connectivity index (χ0n) is 14.4. The lowest BCUT2D eigenvalue weighted by Crippen LogP contribution is -2.36. The van der Waals surface area contributed by atoms with Gasteiger partial charge in [0, 0.05) is 35.4 Å². The van der Waals surface area contributed by atoms with Crippen LogP contribution in [0.1, 0.15) is 37.7 Å². The van der Waals surface area contributed by atoms with Gasteiger partial charge in [0.15, 0.2) is 11.5 Å². The number of phenolic OH excluding ortho intramolecular Hbond substituents is 1. The number of ether oxygens (including phenoxy) is 1. The summed E-state index contributed by atoms with van der Waals surface area (Å²) in [5, 5.41) is 20.9. The van der Waals surface area contributed by atoms with Crippen LogP contribution in [-0.4, -0.2) is 34.6 Å². The van der Waals surface area contributed by atoms with E-state index in [9.17, 15) is 24.8 Å². The van der Waals surface area contributed by atoms with Crippen molar-refractivity contribution in [1.29, 1.82) is 0 Å². The van der Waals surface area contributed by atoms with Gasteiger partial charge in [-0.05, 0) is 31.4 Å². The molecule has 0 bridgehead atoms. The molecule has 3 rings (SSSR count). The van der Waals surface area contributed by atoms with Crippen LogP contribution in [0.2, 0.25) is 0 Å². The molecule has 0 spiro atoms. The molecule has 1 aliphatic heterocycles. The molecule has 0 amide bonds. The maximum absolute atomic E-state index is 12.6. The second kappa shape index (κ2) is 6.70. The van der Waals surface area contributed by atoms with Gasteiger partial charge in [0.05, 0.1) is 12.0 Å². The minimum atomic E-state index is -0.843. The lowest BCUT2D eigenvalue weighted by atomic mass is 9.71. The van der Waals surface area contributed by atoms with E-state index in [1.54, 1.807) is 6.92 Å². The summed E-state index contributed by atoms with van der Waals surface area (Å²) >= 11 is 0. The molecule has 0 saturated carbocycles. The molecule has 0 fully saturated rings. The van der Waals surface area contributed by atoms with Crippen molar-refractivity contribution >= 4 is 23.2 Å². The summed E-state index contributed by atoms with van der Waals surface area (Å²) in [5.41, 5.74) is 1.47. The molecular weight excluding hydrogens is 340 g/mol. The van der Waals surface area contributed by atoms with Gasteiger partial charge in [-0.1, -0.05) is 6.07 Å². The Morgan fingerprint density at radius 2 is 2.12 bits per heavy atom. The number of aromatic hydroxyl groups is 1. The highest BCUT2D eigenvalue weighted by molar-refractivity contribution is 6.08. The summed E-state index contributed by atoms with van der Waals surface area (Å²) < 4.78 is 4.89. The summed E-state index contributed by atoms with van der Waals surface area (Å²) in [6.07, 6.45) is 1.64. The standard InChI is InChI=1S/C18H18N2O6/c1-9-15(18(23)26-2)16(17-11(19-9)4-3-5-14(17)22)10-6-7-13(21)12(8-10)20(24)25/h6-8,15-16,21H,3-5H2,1-2H3/t15?,16-/m0/s1. The third kappa shape index (κ3) is 2.87. The molecule has 8 nitrogen and oxygen atoms in total. The van der Waals surface area contributed by atoms with Crippen LogP contribution in [0.15, 0.2) is 34.5 Å². The summed E-state index contributed by atoms with van der Waals surface area (Å²) in [5.74, 6) is -2.71. The van der Waals surface area contributed by atoms with Gasteiger partial charge < -0.3 is 9.84 Å². The molecule has 1 aromatic carbocycles. The van der Waals surface area contributed by atoms with Gasteiger partial charge in [-0.3, -0.25) is 24.7 Å². The molecule has 2 atom stereocenters. The van der Waals surface area contributed by atoms with E-state index in [0.29, 0.717) is 41.8 Å². The van der Waals surface area contributed by atoms with Gasteiger partial charge in [-0.2, -0.15) is 0 Å². The largest absolute Gasteiger partial charge is 0.502 e. The Labute approximate surface area is 149 Å². The van der Waals surface area contributed by atoms with E-state index in [0.717, 1.165) is 0 Å². The highest BCUT2D eigenvalue weighted by Crippen LogP contribution is 2.45. The molecule has 26 heavy (non-hydrogen) atoms. The van der Waals surface area contributed by atoms with Crippen LogP contribution in [0, 0.1) is 16.0 Å². The molecule has 1 N–H and O–H groups in total. The second-order valence-corrected chi connectivity index (χ2v) is 6.37. The van der Waals surface area contributed by atoms with Crippen molar-refractivity contribution in [2.75, 3.05) is 7.11 Å². The third-order valence-corrected chi connectivity index (χ3v) is 4.84. The zero-order valence-corrected chi connectivity index (χ0v) is 14.4. The number of carbonyl (C=O) groups is 2. The fourth-order valence-electron chi connectivity index (χ4n) is 3.68. The van der Waals surface area contributed by atoms with Crippen molar-refractivity contribution in [3.8, 4) is 5.75 Å². The Kier molecular flexibility index (Phi) is 4.58.